The molecule has 5 heteroatoms. The number of halogens is 1. The molecule has 0 aliphatic carbocycles. The third-order valence-electron chi connectivity index (χ3n) is 4.84. The molecule has 0 aromatic heterocycles. The Morgan fingerprint density at radius 1 is 1.08 bits per heavy atom. The molecule has 1 fully saturated rings. The van der Waals surface area contributed by atoms with Crippen LogP contribution in [0, 0.1) is 0 Å². The van der Waals surface area contributed by atoms with Crippen LogP contribution in [0.3, 0.4) is 0 Å². The van der Waals surface area contributed by atoms with Crippen LogP contribution in [0.25, 0.3) is 0 Å². The van der Waals surface area contributed by atoms with E-state index < -0.39 is 0 Å². The molecule has 4 unspecified atom stereocenters. The van der Waals surface area contributed by atoms with Gasteiger partial charge in [-0.2, -0.15) is 0 Å². The van der Waals surface area contributed by atoms with Gasteiger partial charge >= 0.3 is 5.97 Å². The lowest BCUT2D eigenvalue weighted by Crippen LogP contribution is -2.44. The zero-order chi connectivity index (χ0) is 17.8. The Morgan fingerprint density at radius 2 is 1.71 bits per heavy atom. The van der Waals surface area contributed by atoms with Gasteiger partial charge in [0, 0.05) is 11.2 Å². The second kappa shape index (κ2) is 13.1. The maximum Gasteiger partial charge on any atom is 0.305 e. The molecular weight excluding hydrogens is 372 g/mol. The maximum absolute atomic E-state index is 11.0. The molecule has 1 saturated heterocycles. The van der Waals surface area contributed by atoms with E-state index in [1.807, 2.05) is 0 Å². The number of carbonyl (C=O) groups is 1. The number of ether oxygens (including phenoxy) is 2. The second-order valence-electron chi connectivity index (χ2n) is 6.91. The van der Waals surface area contributed by atoms with E-state index in [4.69, 9.17) is 4.74 Å². The van der Waals surface area contributed by atoms with Crippen molar-refractivity contribution in [1.82, 2.24) is 0 Å². The van der Waals surface area contributed by atoms with Gasteiger partial charge in [0.25, 0.3) is 0 Å². The molecule has 0 aromatic rings. The number of esters is 1. The largest absolute Gasteiger partial charge is 0.469 e. The highest BCUT2D eigenvalue weighted by atomic mass is 79.9. The van der Waals surface area contributed by atoms with Crippen LogP contribution in [-0.2, 0) is 14.3 Å². The van der Waals surface area contributed by atoms with Crippen molar-refractivity contribution in [2.45, 2.75) is 107 Å². The fourth-order valence-electron chi connectivity index (χ4n) is 3.29. The fourth-order valence-corrected chi connectivity index (χ4v) is 4.06. The minimum Gasteiger partial charge on any atom is -0.469 e. The van der Waals surface area contributed by atoms with Crippen molar-refractivity contribution in [3.8, 4) is 0 Å². The van der Waals surface area contributed by atoms with Gasteiger partial charge in [-0.3, -0.25) is 4.79 Å². The predicted molar refractivity (Wildman–Crippen MR) is 100 cm³/mol. The molecule has 1 rings (SSSR count). The number of hydrogen-bond donors (Lipinski definition) is 1. The first kappa shape index (κ1) is 21.9. The van der Waals surface area contributed by atoms with E-state index in [1.54, 1.807) is 0 Å². The monoisotopic (exact) mass is 406 g/mol. The minimum atomic E-state index is -0.333. The number of rotatable bonds is 12. The van der Waals surface area contributed by atoms with Crippen molar-refractivity contribution < 1.29 is 19.4 Å². The molecule has 0 radical (unpaired) electrons. The standard InChI is InChI=1S/C19H35BrO4/c1-3-4-8-12-18-16(21)14-15(20)17(24-18)11-9-6-5-7-10-13-19(22)23-2/h15-18,21H,3-14H2,1-2H3. The number of hydrogen-bond acceptors (Lipinski definition) is 4. The lowest BCUT2D eigenvalue weighted by molar-refractivity contribution is -0.140. The van der Waals surface area contributed by atoms with Gasteiger partial charge in [-0.1, -0.05) is 67.8 Å². The molecule has 24 heavy (non-hydrogen) atoms. The summed E-state index contributed by atoms with van der Waals surface area (Å²) in [4.78, 5) is 11.3. The van der Waals surface area contributed by atoms with Crippen LogP contribution in [-0.4, -0.2) is 41.3 Å². The Hall–Kier alpha value is -0.130. The van der Waals surface area contributed by atoms with Crippen LogP contribution in [0.4, 0.5) is 0 Å². The van der Waals surface area contributed by atoms with E-state index in [1.165, 1.54) is 26.4 Å². The Bertz CT molecular complexity index is 337. The average molecular weight is 407 g/mol. The van der Waals surface area contributed by atoms with Gasteiger partial charge in [0.2, 0.25) is 0 Å². The van der Waals surface area contributed by atoms with Crippen molar-refractivity contribution in [2.24, 2.45) is 0 Å². The van der Waals surface area contributed by atoms with E-state index >= 15 is 0 Å². The van der Waals surface area contributed by atoms with Gasteiger partial charge in [0.05, 0.1) is 25.4 Å². The molecule has 1 aliphatic heterocycles. The summed E-state index contributed by atoms with van der Waals surface area (Å²) in [5.74, 6) is -0.111. The Balaban J connectivity index is 2.15. The fraction of sp³-hybridized carbons (Fsp3) is 0.947. The molecule has 0 bridgehead atoms. The number of aliphatic hydroxyl groups is 1. The van der Waals surface area contributed by atoms with Gasteiger partial charge in [-0.25, -0.2) is 0 Å². The maximum atomic E-state index is 11.0. The predicted octanol–water partition coefficient (Wildman–Crippen LogP) is 4.75. The van der Waals surface area contributed by atoms with Gasteiger partial charge in [0.1, 0.15) is 0 Å². The van der Waals surface area contributed by atoms with Gasteiger partial charge in [0.15, 0.2) is 0 Å². The molecule has 0 aromatic carbocycles. The van der Waals surface area contributed by atoms with Crippen LogP contribution in [0.2, 0.25) is 0 Å². The van der Waals surface area contributed by atoms with Crippen LogP contribution in [0.5, 0.6) is 0 Å². The zero-order valence-electron chi connectivity index (χ0n) is 15.3. The van der Waals surface area contributed by atoms with Crippen molar-refractivity contribution >= 4 is 21.9 Å². The highest BCUT2D eigenvalue weighted by Gasteiger charge is 2.34. The molecule has 142 valence electrons. The van der Waals surface area contributed by atoms with E-state index in [0.29, 0.717) is 6.42 Å². The van der Waals surface area contributed by atoms with Crippen molar-refractivity contribution in [3.05, 3.63) is 0 Å². The molecule has 0 saturated carbocycles. The minimum absolute atomic E-state index is 0.00964. The summed E-state index contributed by atoms with van der Waals surface area (Å²) in [5, 5.41) is 10.2. The smallest absolute Gasteiger partial charge is 0.305 e. The van der Waals surface area contributed by atoms with Crippen molar-refractivity contribution in [1.29, 1.82) is 0 Å². The van der Waals surface area contributed by atoms with Crippen LogP contribution in [0.1, 0.15) is 84.0 Å². The first-order chi connectivity index (χ1) is 11.6. The zero-order valence-corrected chi connectivity index (χ0v) is 16.9. The van der Waals surface area contributed by atoms with E-state index in [0.717, 1.165) is 51.4 Å². The van der Waals surface area contributed by atoms with E-state index in [9.17, 15) is 9.90 Å². The van der Waals surface area contributed by atoms with E-state index in [-0.39, 0.29) is 29.1 Å². The number of carbonyl (C=O) groups excluding carboxylic acids is 1. The molecule has 4 atom stereocenters. The Kier molecular flexibility index (Phi) is 12.0. The van der Waals surface area contributed by atoms with Crippen LogP contribution < -0.4 is 0 Å². The number of aliphatic hydroxyl groups excluding tert-OH is 1. The number of alkyl halides is 1. The summed E-state index contributed by atoms with van der Waals surface area (Å²) >= 11 is 3.69. The molecule has 4 nitrogen and oxygen atoms in total. The summed E-state index contributed by atoms with van der Waals surface area (Å²) in [5.41, 5.74) is 0. The van der Waals surface area contributed by atoms with E-state index in [2.05, 4.69) is 27.6 Å². The summed E-state index contributed by atoms with van der Waals surface area (Å²) in [6.45, 7) is 2.20. The quantitative estimate of drug-likeness (QED) is 0.288. The van der Waals surface area contributed by atoms with Crippen LogP contribution >= 0.6 is 15.9 Å². The highest BCUT2D eigenvalue weighted by Crippen LogP contribution is 2.31. The topological polar surface area (TPSA) is 55.8 Å². The van der Waals surface area contributed by atoms with Crippen molar-refractivity contribution in [2.75, 3.05) is 7.11 Å². The summed E-state index contributed by atoms with van der Waals surface area (Å²) in [6.07, 6.45) is 12.2. The normalized spacial score (nSPS) is 27.2. The molecular formula is C19H35BrO4. The van der Waals surface area contributed by atoms with Crippen LogP contribution in [0.15, 0.2) is 0 Å². The van der Waals surface area contributed by atoms with Gasteiger partial charge in [-0.05, 0) is 25.7 Å². The molecule has 0 amide bonds. The molecule has 1 N–H and O–H groups in total. The summed E-state index contributed by atoms with van der Waals surface area (Å²) in [7, 11) is 1.44. The lowest BCUT2D eigenvalue weighted by Gasteiger charge is -2.37. The first-order valence-corrected chi connectivity index (χ1v) is 10.5. The summed E-state index contributed by atoms with van der Waals surface area (Å²) in [6, 6.07) is 0. The molecule has 1 aliphatic rings. The average Bonchev–Trinajstić information content (AvgIpc) is 2.57. The second-order valence-corrected chi connectivity index (χ2v) is 8.09. The Labute approximate surface area is 155 Å². The third kappa shape index (κ3) is 8.82. The number of methoxy groups -OCH3 is 1. The van der Waals surface area contributed by atoms with Gasteiger partial charge < -0.3 is 14.6 Å². The third-order valence-corrected chi connectivity index (χ3v) is 5.80. The highest BCUT2D eigenvalue weighted by molar-refractivity contribution is 9.09. The SMILES string of the molecule is CCCCCC1OC(CCCCCCCC(=O)OC)C(Br)CC1O. The lowest BCUT2D eigenvalue weighted by atomic mass is 9.94. The molecule has 1 heterocycles. The number of unbranched alkanes of at least 4 members (excludes halogenated alkanes) is 6. The van der Waals surface area contributed by atoms with Crippen molar-refractivity contribution in [3.63, 3.8) is 0 Å². The Morgan fingerprint density at radius 3 is 2.42 bits per heavy atom. The molecule has 0 spiro atoms. The summed E-state index contributed by atoms with van der Waals surface area (Å²) < 4.78 is 10.8. The first-order valence-electron chi connectivity index (χ1n) is 9.62. The van der Waals surface area contributed by atoms with Gasteiger partial charge in [-0.15, -0.1) is 0 Å².